The monoisotopic (exact) mass is 373 g/mol. The van der Waals surface area contributed by atoms with Gasteiger partial charge in [0, 0.05) is 41.0 Å². The van der Waals surface area contributed by atoms with E-state index in [9.17, 15) is 4.79 Å². The average molecular weight is 374 g/mol. The Morgan fingerprint density at radius 2 is 1.48 bits per heavy atom. The molecule has 1 saturated heterocycles. The Hall–Kier alpha value is -1.77. The number of aromatic nitrogens is 4. The molecule has 2 fully saturated rings. The van der Waals surface area contributed by atoms with E-state index in [0.29, 0.717) is 19.1 Å². The van der Waals surface area contributed by atoms with E-state index in [1.165, 1.54) is 55.2 Å². The third-order valence-corrected chi connectivity index (χ3v) is 5.86. The molecule has 0 amide bonds. The van der Waals surface area contributed by atoms with Gasteiger partial charge in [0.05, 0.1) is 11.4 Å². The van der Waals surface area contributed by atoms with Gasteiger partial charge in [-0.05, 0) is 48.1 Å². The van der Waals surface area contributed by atoms with Gasteiger partial charge in [0.15, 0.2) is 5.78 Å². The van der Waals surface area contributed by atoms with Crippen LogP contribution in [0.2, 0.25) is 0 Å². The molecule has 1 saturated carbocycles. The normalized spacial score (nSPS) is 23.6. The lowest BCUT2D eigenvalue weighted by molar-refractivity contribution is -0.113. The summed E-state index contributed by atoms with van der Waals surface area (Å²) in [5.74, 6) is 0.0908. The predicted molar refractivity (Wildman–Crippen MR) is 99.2 cm³/mol. The number of rotatable bonds is 3. The maximum Gasteiger partial charge on any atom is 0.187 e. The molecule has 4 rings (SSSR count). The van der Waals surface area contributed by atoms with Crippen LogP contribution in [-0.2, 0) is 4.79 Å². The van der Waals surface area contributed by atoms with Crippen molar-refractivity contribution in [3.8, 4) is 0 Å². The number of Topliss-reactive ketones (excluding diaryl/α,β-unsaturated/α-hetero) is 1. The Kier molecular flexibility index (Phi) is 5.09. The fraction of sp³-hybridized carbons (Fsp3) is 0.471. The molecule has 0 radical (unpaired) electrons. The molecule has 0 bridgehead atoms. The molecule has 0 atom stereocenters. The molecular weight excluding hydrogens is 354 g/mol. The number of hydrogen-bond acceptors (Lipinski definition) is 8. The molecule has 25 heavy (non-hydrogen) atoms. The summed E-state index contributed by atoms with van der Waals surface area (Å²) in [6.07, 6.45) is 10.1. The standard InChI is InChI=1S/C17H19N5OS2/c23-17-12(6-14-10-24-20-18-14)8-22(16-4-2-1-3-5-16)9-13(17)7-15-11-25-21-19-15/h6-7,10-11,16H,1-5,8-9H2. The van der Waals surface area contributed by atoms with Crippen LogP contribution in [0, 0.1) is 0 Å². The Labute approximate surface area is 154 Å². The van der Waals surface area contributed by atoms with E-state index in [2.05, 4.69) is 24.1 Å². The average Bonchev–Trinajstić information content (AvgIpc) is 3.33. The van der Waals surface area contributed by atoms with Crippen LogP contribution in [0.15, 0.2) is 21.9 Å². The maximum absolute atomic E-state index is 13.0. The van der Waals surface area contributed by atoms with Gasteiger partial charge in [-0.25, -0.2) is 0 Å². The number of hydrogen-bond donors (Lipinski definition) is 0. The SMILES string of the molecule is O=C1C(=Cc2csnn2)CN(C2CCCCC2)CC1=Cc1csnn1. The molecule has 1 aliphatic carbocycles. The van der Waals surface area contributed by atoms with Crippen molar-refractivity contribution in [2.45, 2.75) is 38.1 Å². The first-order chi connectivity index (χ1) is 12.3. The zero-order chi connectivity index (χ0) is 17.1. The van der Waals surface area contributed by atoms with Gasteiger partial charge in [0.1, 0.15) is 0 Å². The lowest BCUT2D eigenvalue weighted by Crippen LogP contribution is -2.44. The smallest absolute Gasteiger partial charge is 0.187 e. The van der Waals surface area contributed by atoms with Gasteiger partial charge in [-0.2, -0.15) is 0 Å². The van der Waals surface area contributed by atoms with E-state index in [1.807, 2.05) is 22.9 Å². The maximum atomic E-state index is 13.0. The van der Waals surface area contributed by atoms with Gasteiger partial charge in [-0.15, -0.1) is 10.2 Å². The van der Waals surface area contributed by atoms with Crippen molar-refractivity contribution in [1.29, 1.82) is 0 Å². The van der Waals surface area contributed by atoms with E-state index < -0.39 is 0 Å². The molecule has 2 aromatic heterocycles. The highest BCUT2D eigenvalue weighted by molar-refractivity contribution is 7.03. The minimum atomic E-state index is 0.0908. The molecule has 2 aromatic rings. The Balaban J connectivity index is 1.65. The number of carbonyl (C=O) groups excluding carboxylic acids is 1. The van der Waals surface area contributed by atoms with Gasteiger partial charge >= 0.3 is 0 Å². The summed E-state index contributed by atoms with van der Waals surface area (Å²) in [4.78, 5) is 15.4. The highest BCUT2D eigenvalue weighted by atomic mass is 32.1. The van der Waals surface area contributed by atoms with Crippen LogP contribution in [0.25, 0.3) is 12.2 Å². The first-order valence-electron chi connectivity index (χ1n) is 8.53. The van der Waals surface area contributed by atoms with E-state index in [-0.39, 0.29) is 5.78 Å². The zero-order valence-corrected chi connectivity index (χ0v) is 15.4. The van der Waals surface area contributed by atoms with Crippen LogP contribution in [0.1, 0.15) is 43.5 Å². The Bertz CT molecular complexity index is 720. The van der Waals surface area contributed by atoms with Gasteiger partial charge in [0.2, 0.25) is 0 Å². The van der Waals surface area contributed by atoms with Gasteiger partial charge in [0.25, 0.3) is 0 Å². The summed E-state index contributed by atoms with van der Waals surface area (Å²) in [6.45, 7) is 1.38. The topological polar surface area (TPSA) is 71.9 Å². The quantitative estimate of drug-likeness (QED) is 0.770. The second-order valence-electron chi connectivity index (χ2n) is 6.52. The summed E-state index contributed by atoms with van der Waals surface area (Å²) < 4.78 is 7.78. The zero-order valence-electron chi connectivity index (χ0n) is 13.8. The summed E-state index contributed by atoms with van der Waals surface area (Å²) in [5.41, 5.74) is 3.10. The van der Waals surface area contributed by atoms with E-state index >= 15 is 0 Å². The molecular formula is C17H19N5OS2. The van der Waals surface area contributed by atoms with Gasteiger partial charge < -0.3 is 0 Å². The molecule has 1 aliphatic heterocycles. The lowest BCUT2D eigenvalue weighted by atomic mass is 9.89. The molecule has 0 N–H and O–H groups in total. The van der Waals surface area contributed by atoms with Crippen molar-refractivity contribution in [2.24, 2.45) is 0 Å². The molecule has 3 heterocycles. The molecule has 0 unspecified atom stereocenters. The van der Waals surface area contributed by atoms with Gasteiger partial charge in [-0.1, -0.05) is 28.2 Å². The predicted octanol–water partition coefficient (Wildman–Crippen LogP) is 3.07. The van der Waals surface area contributed by atoms with Crippen LogP contribution >= 0.6 is 23.1 Å². The summed E-state index contributed by atoms with van der Waals surface area (Å²) in [5, 5.41) is 11.9. The first-order valence-corrected chi connectivity index (χ1v) is 10.2. The van der Waals surface area contributed by atoms with Gasteiger partial charge in [-0.3, -0.25) is 9.69 Å². The van der Waals surface area contributed by atoms with E-state index in [0.717, 1.165) is 22.5 Å². The minimum absolute atomic E-state index is 0.0908. The van der Waals surface area contributed by atoms with Crippen molar-refractivity contribution in [2.75, 3.05) is 13.1 Å². The van der Waals surface area contributed by atoms with Crippen LogP contribution in [0.4, 0.5) is 0 Å². The number of piperidine rings is 1. The van der Waals surface area contributed by atoms with Crippen LogP contribution in [0.3, 0.4) is 0 Å². The Morgan fingerprint density at radius 1 is 0.920 bits per heavy atom. The second-order valence-corrected chi connectivity index (χ2v) is 7.74. The number of ketones is 1. The number of likely N-dealkylation sites (tertiary alicyclic amines) is 1. The molecule has 0 spiro atoms. The molecule has 0 aromatic carbocycles. The van der Waals surface area contributed by atoms with Crippen molar-refractivity contribution < 1.29 is 4.79 Å². The lowest BCUT2D eigenvalue weighted by Gasteiger charge is -2.38. The van der Waals surface area contributed by atoms with Crippen LogP contribution < -0.4 is 0 Å². The second kappa shape index (κ2) is 7.63. The van der Waals surface area contributed by atoms with E-state index in [1.54, 1.807) is 0 Å². The number of nitrogens with zero attached hydrogens (tertiary/aromatic N) is 5. The molecule has 2 aliphatic rings. The fourth-order valence-corrected chi connectivity index (χ4v) is 4.42. The molecule has 8 heteroatoms. The third kappa shape index (κ3) is 3.91. The summed E-state index contributed by atoms with van der Waals surface area (Å²) >= 11 is 2.60. The molecule has 6 nitrogen and oxygen atoms in total. The van der Waals surface area contributed by atoms with Crippen molar-refractivity contribution in [3.05, 3.63) is 33.3 Å². The van der Waals surface area contributed by atoms with Crippen LogP contribution in [0.5, 0.6) is 0 Å². The summed E-state index contributed by atoms with van der Waals surface area (Å²) in [7, 11) is 0. The third-order valence-electron chi connectivity index (χ3n) is 4.82. The van der Waals surface area contributed by atoms with Crippen molar-refractivity contribution in [1.82, 2.24) is 24.1 Å². The first kappa shape index (κ1) is 16.7. The van der Waals surface area contributed by atoms with Crippen LogP contribution in [-0.4, -0.2) is 49.0 Å². The molecule has 130 valence electrons. The highest BCUT2D eigenvalue weighted by Gasteiger charge is 2.31. The summed E-state index contributed by atoms with van der Waals surface area (Å²) in [6, 6.07) is 0.552. The van der Waals surface area contributed by atoms with Crippen molar-refractivity contribution in [3.63, 3.8) is 0 Å². The number of carbonyl (C=O) groups is 1. The fourth-order valence-electron chi connectivity index (χ4n) is 3.60. The largest absolute Gasteiger partial charge is 0.292 e. The van der Waals surface area contributed by atoms with Crippen molar-refractivity contribution >= 4 is 41.0 Å². The minimum Gasteiger partial charge on any atom is -0.292 e. The van der Waals surface area contributed by atoms with E-state index in [4.69, 9.17) is 0 Å². The Morgan fingerprint density at radius 3 is 1.96 bits per heavy atom. The highest BCUT2D eigenvalue weighted by Crippen LogP contribution is 2.29.